The predicted molar refractivity (Wildman–Crippen MR) is 69.2 cm³/mol. The Kier molecular flexibility index (Phi) is 3.07. The van der Waals surface area contributed by atoms with Crippen LogP contribution < -0.4 is 5.73 Å². The molecule has 0 aliphatic carbocycles. The van der Waals surface area contributed by atoms with E-state index in [-0.39, 0.29) is 6.04 Å². The van der Waals surface area contributed by atoms with Gasteiger partial charge in [0.05, 0.1) is 0 Å². The smallest absolute Gasteiger partial charge is 0.0266 e. The molecule has 16 heavy (non-hydrogen) atoms. The Morgan fingerprint density at radius 3 is 2.44 bits per heavy atom. The van der Waals surface area contributed by atoms with Crippen molar-refractivity contribution < 1.29 is 0 Å². The Morgan fingerprint density at radius 2 is 1.75 bits per heavy atom. The zero-order valence-electron chi connectivity index (χ0n) is 9.77. The van der Waals surface area contributed by atoms with Gasteiger partial charge in [0.15, 0.2) is 0 Å². The summed E-state index contributed by atoms with van der Waals surface area (Å²) in [4.78, 5) is 0. The van der Waals surface area contributed by atoms with Crippen LogP contribution in [0.25, 0.3) is 11.1 Å². The summed E-state index contributed by atoms with van der Waals surface area (Å²) < 4.78 is 0. The van der Waals surface area contributed by atoms with Gasteiger partial charge in [0.1, 0.15) is 0 Å². The van der Waals surface area contributed by atoms with Crippen molar-refractivity contribution in [2.45, 2.75) is 19.9 Å². The highest BCUT2D eigenvalue weighted by Gasteiger charge is 2.03. The molecule has 0 heterocycles. The van der Waals surface area contributed by atoms with Crippen molar-refractivity contribution in [3.8, 4) is 11.1 Å². The molecule has 0 bridgehead atoms. The fraction of sp³-hybridized carbons (Fsp3) is 0.200. The maximum atomic E-state index is 5.90. The summed E-state index contributed by atoms with van der Waals surface area (Å²) in [7, 11) is 0. The highest BCUT2D eigenvalue weighted by atomic mass is 14.6. The first-order valence-corrected chi connectivity index (χ1v) is 5.60. The molecule has 2 aromatic carbocycles. The monoisotopic (exact) mass is 211 g/mol. The highest BCUT2D eigenvalue weighted by molar-refractivity contribution is 5.67. The van der Waals surface area contributed by atoms with Crippen molar-refractivity contribution in [3.63, 3.8) is 0 Å². The number of hydrogen-bond donors (Lipinski definition) is 1. The fourth-order valence-corrected chi connectivity index (χ4v) is 1.89. The first kappa shape index (κ1) is 10.9. The molecule has 0 aliphatic heterocycles. The summed E-state index contributed by atoms with van der Waals surface area (Å²) in [6.45, 7) is 4.14. The molecular weight excluding hydrogens is 194 g/mol. The zero-order chi connectivity index (χ0) is 11.5. The van der Waals surface area contributed by atoms with Crippen molar-refractivity contribution in [2.24, 2.45) is 5.73 Å². The normalized spacial score (nSPS) is 12.4. The van der Waals surface area contributed by atoms with Crippen LogP contribution in [0.4, 0.5) is 0 Å². The Bertz CT molecular complexity index is 486. The largest absolute Gasteiger partial charge is 0.324 e. The van der Waals surface area contributed by atoms with E-state index in [1.54, 1.807) is 0 Å². The van der Waals surface area contributed by atoms with Gasteiger partial charge in [-0.25, -0.2) is 0 Å². The molecule has 2 rings (SSSR count). The minimum absolute atomic E-state index is 0.0870. The van der Waals surface area contributed by atoms with Crippen LogP contribution in [0.1, 0.15) is 24.1 Å². The van der Waals surface area contributed by atoms with Gasteiger partial charge in [-0.3, -0.25) is 0 Å². The lowest BCUT2D eigenvalue weighted by Gasteiger charge is -2.10. The molecule has 0 radical (unpaired) electrons. The van der Waals surface area contributed by atoms with Crippen LogP contribution in [0.5, 0.6) is 0 Å². The number of rotatable bonds is 2. The topological polar surface area (TPSA) is 26.0 Å². The Labute approximate surface area is 96.9 Å². The predicted octanol–water partition coefficient (Wildman–Crippen LogP) is 3.68. The van der Waals surface area contributed by atoms with E-state index in [2.05, 4.69) is 55.5 Å². The van der Waals surface area contributed by atoms with Crippen LogP contribution in [0.3, 0.4) is 0 Å². The molecule has 0 amide bonds. The van der Waals surface area contributed by atoms with Crippen molar-refractivity contribution in [2.75, 3.05) is 0 Å². The highest BCUT2D eigenvalue weighted by Crippen LogP contribution is 2.25. The summed E-state index contributed by atoms with van der Waals surface area (Å²) in [6.07, 6.45) is 0. The van der Waals surface area contributed by atoms with Gasteiger partial charge in [-0.2, -0.15) is 0 Å². The van der Waals surface area contributed by atoms with Gasteiger partial charge in [0, 0.05) is 6.04 Å². The summed E-state index contributed by atoms with van der Waals surface area (Å²) in [6, 6.07) is 17.0. The molecule has 2 aromatic rings. The van der Waals surface area contributed by atoms with E-state index in [1.165, 1.54) is 22.3 Å². The van der Waals surface area contributed by atoms with Crippen LogP contribution in [0.2, 0.25) is 0 Å². The number of benzene rings is 2. The van der Waals surface area contributed by atoms with E-state index in [1.807, 2.05) is 6.92 Å². The summed E-state index contributed by atoms with van der Waals surface area (Å²) in [5.74, 6) is 0. The van der Waals surface area contributed by atoms with E-state index in [0.717, 1.165) is 0 Å². The second-order valence-electron chi connectivity index (χ2n) is 4.23. The van der Waals surface area contributed by atoms with Gasteiger partial charge in [-0.05, 0) is 42.2 Å². The zero-order valence-corrected chi connectivity index (χ0v) is 9.77. The standard InChI is InChI=1S/C15H17N/c1-11-6-3-4-9-15(11)14-8-5-7-13(10-14)12(2)16/h3-10,12H,16H2,1-2H3. The quantitative estimate of drug-likeness (QED) is 0.805. The lowest BCUT2D eigenvalue weighted by Crippen LogP contribution is -2.04. The van der Waals surface area contributed by atoms with Gasteiger partial charge < -0.3 is 5.73 Å². The lowest BCUT2D eigenvalue weighted by atomic mass is 9.97. The average molecular weight is 211 g/mol. The first-order chi connectivity index (χ1) is 7.68. The van der Waals surface area contributed by atoms with Gasteiger partial charge in [0.25, 0.3) is 0 Å². The molecule has 0 fully saturated rings. The van der Waals surface area contributed by atoms with Crippen LogP contribution in [0, 0.1) is 6.92 Å². The Balaban J connectivity index is 2.49. The molecule has 0 spiro atoms. The summed E-state index contributed by atoms with van der Waals surface area (Å²) >= 11 is 0. The third-order valence-corrected chi connectivity index (χ3v) is 2.87. The van der Waals surface area contributed by atoms with Crippen LogP contribution in [0.15, 0.2) is 48.5 Å². The van der Waals surface area contributed by atoms with Crippen LogP contribution >= 0.6 is 0 Å². The number of hydrogen-bond acceptors (Lipinski definition) is 1. The molecule has 1 atom stereocenters. The number of nitrogens with two attached hydrogens (primary N) is 1. The van der Waals surface area contributed by atoms with E-state index in [4.69, 9.17) is 5.73 Å². The lowest BCUT2D eigenvalue weighted by molar-refractivity contribution is 0.818. The molecular formula is C15H17N. The van der Waals surface area contributed by atoms with Crippen molar-refractivity contribution in [1.82, 2.24) is 0 Å². The maximum Gasteiger partial charge on any atom is 0.0266 e. The first-order valence-electron chi connectivity index (χ1n) is 5.60. The maximum absolute atomic E-state index is 5.90. The second-order valence-corrected chi connectivity index (χ2v) is 4.23. The minimum Gasteiger partial charge on any atom is -0.324 e. The molecule has 0 aromatic heterocycles. The number of aryl methyl sites for hydroxylation is 1. The molecule has 1 heteroatoms. The van der Waals surface area contributed by atoms with E-state index in [9.17, 15) is 0 Å². The molecule has 1 unspecified atom stereocenters. The summed E-state index contributed by atoms with van der Waals surface area (Å²) in [5.41, 5.74) is 10.9. The van der Waals surface area contributed by atoms with Crippen molar-refractivity contribution >= 4 is 0 Å². The Morgan fingerprint density at radius 1 is 1.00 bits per heavy atom. The molecule has 0 aliphatic rings. The molecule has 2 N–H and O–H groups in total. The van der Waals surface area contributed by atoms with E-state index < -0.39 is 0 Å². The van der Waals surface area contributed by atoms with Crippen LogP contribution in [-0.2, 0) is 0 Å². The average Bonchev–Trinajstić information content (AvgIpc) is 2.30. The van der Waals surface area contributed by atoms with E-state index in [0.29, 0.717) is 0 Å². The Hall–Kier alpha value is -1.60. The van der Waals surface area contributed by atoms with Crippen LogP contribution in [-0.4, -0.2) is 0 Å². The minimum atomic E-state index is 0.0870. The van der Waals surface area contributed by atoms with Crippen molar-refractivity contribution in [1.29, 1.82) is 0 Å². The van der Waals surface area contributed by atoms with Gasteiger partial charge >= 0.3 is 0 Å². The SMILES string of the molecule is Cc1ccccc1-c1cccc(C(C)N)c1. The third kappa shape index (κ3) is 2.15. The second kappa shape index (κ2) is 4.50. The molecule has 0 saturated carbocycles. The summed E-state index contributed by atoms with van der Waals surface area (Å²) in [5, 5.41) is 0. The van der Waals surface area contributed by atoms with Gasteiger partial charge in [-0.1, -0.05) is 42.5 Å². The molecule has 1 nitrogen and oxygen atoms in total. The molecule has 82 valence electrons. The van der Waals surface area contributed by atoms with Gasteiger partial charge in [-0.15, -0.1) is 0 Å². The third-order valence-electron chi connectivity index (χ3n) is 2.87. The molecule has 0 saturated heterocycles. The fourth-order valence-electron chi connectivity index (χ4n) is 1.89. The van der Waals surface area contributed by atoms with E-state index >= 15 is 0 Å². The van der Waals surface area contributed by atoms with Gasteiger partial charge in [0.2, 0.25) is 0 Å². The van der Waals surface area contributed by atoms with Crippen molar-refractivity contribution in [3.05, 3.63) is 59.7 Å².